The molecule has 1 aromatic carbocycles. The number of carbonyl (C=O) groups is 4. The van der Waals surface area contributed by atoms with E-state index < -0.39 is 77.8 Å². The molecule has 14 atom stereocenters. The molecule has 0 unspecified atom stereocenters. The Hall–Kier alpha value is -3.66. The van der Waals surface area contributed by atoms with Crippen LogP contribution in [0, 0.1) is 29.6 Å². The van der Waals surface area contributed by atoms with Gasteiger partial charge in [-0.3, -0.25) is 14.4 Å². The van der Waals surface area contributed by atoms with E-state index in [9.17, 15) is 29.4 Å². The Morgan fingerprint density at radius 3 is 2.25 bits per heavy atom. The number of hydrogen-bond acceptors (Lipinski definition) is 13. The summed E-state index contributed by atoms with van der Waals surface area (Å²) in [6.07, 6.45) is 4.49. The molecular weight excluding hydrogens is 823 g/mol. The molecule has 1 saturated carbocycles. The number of ether oxygens (including phenoxy) is 7. The number of aliphatic hydroxyl groups excluding tert-OH is 1. The fourth-order valence-electron chi connectivity index (χ4n) is 10.4. The lowest BCUT2D eigenvalue weighted by atomic mass is 9.81. The molecule has 2 N–H and O–H groups in total. The van der Waals surface area contributed by atoms with Crippen molar-refractivity contribution in [2.24, 2.45) is 29.6 Å². The maximum absolute atomic E-state index is 14.5. The van der Waals surface area contributed by atoms with Crippen LogP contribution in [0.25, 0.3) is 0 Å². The van der Waals surface area contributed by atoms with E-state index in [0.717, 1.165) is 12.0 Å². The van der Waals surface area contributed by atoms with Gasteiger partial charge >= 0.3 is 5.97 Å². The first-order chi connectivity index (χ1) is 30.5. The molecule has 3 heterocycles. The summed E-state index contributed by atoms with van der Waals surface area (Å²) in [5.41, 5.74) is 1.68. The first-order valence-electron chi connectivity index (χ1n) is 23.4. The number of carbonyl (C=O) groups excluding carboxylic acids is 4. The Kier molecular flexibility index (Phi) is 18.6. The van der Waals surface area contributed by atoms with Crippen LogP contribution in [0.15, 0.2) is 47.6 Å². The molecule has 358 valence electrons. The van der Waals surface area contributed by atoms with E-state index in [1.165, 1.54) is 19.1 Å². The highest BCUT2D eigenvalue weighted by Gasteiger charge is 2.56. The Bertz CT molecular complexity index is 1810. The molecule has 3 fully saturated rings. The Morgan fingerprint density at radius 1 is 0.891 bits per heavy atom. The smallest absolute Gasteiger partial charge is 0.329 e. The van der Waals surface area contributed by atoms with Crippen molar-refractivity contribution in [1.29, 1.82) is 0 Å². The Balaban J connectivity index is 1.48. The molecule has 0 spiro atoms. The number of piperidine rings is 1. The van der Waals surface area contributed by atoms with Crippen LogP contribution in [0.3, 0.4) is 0 Å². The first-order valence-corrected chi connectivity index (χ1v) is 23.4. The first kappa shape index (κ1) is 51.3. The SMILES string of the molecule is CC[C@@H]1/C=C(\C)C[C@H](C)C[C@H](OC)[C@H]2O[C@@](O)(C(=O)C(=O)N3CCCC[C@H]3C(=O)O[C@H](/C(C)=C/[C@@H]3CC[C@@H](Oc4cccc(OC)c4)[C@H](OC)C3)[C@H](C)[C@@H](O)CC1=O)[C@H](C)C[C@@H]2OC. The zero-order valence-electron chi connectivity index (χ0n) is 39.8. The van der Waals surface area contributed by atoms with Crippen LogP contribution in [-0.2, 0) is 42.9 Å². The van der Waals surface area contributed by atoms with E-state index >= 15 is 0 Å². The lowest BCUT2D eigenvalue weighted by Gasteiger charge is -2.47. The molecule has 1 aromatic rings. The van der Waals surface area contributed by atoms with Crippen LogP contribution >= 0.6 is 0 Å². The van der Waals surface area contributed by atoms with Gasteiger partial charge < -0.3 is 48.3 Å². The molecule has 3 aliphatic heterocycles. The second-order valence-electron chi connectivity index (χ2n) is 18.9. The average molecular weight is 898 g/mol. The zero-order valence-corrected chi connectivity index (χ0v) is 39.8. The molecule has 5 rings (SSSR count). The lowest BCUT2D eigenvalue weighted by Crippen LogP contribution is -2.64. The van der Waals surface area contributed by atoms with Gasteiger partial charge in [-0.1, -0.05) is 51.5 Å². The van der Waals surface area contributed by atoms with Crippen molar-refractivity contribution in [1.82, 2.24) is 4.90 Å². The molecule has 1 amide bonds. The minimum Gasteiger partial charge on any atom is -0.497 e. The highest BCUT2D eigenvalue weighted by atomic mass is 16.7. The van der Waals surface area contributed by atoms with Gasteiger partial charge in [0, 0.05) is 58.1 Å². The van der Waals surface area contributed by atoms with Crippen LogP contribution in [0.5, 0.6) is 11.5 Å². The van der Waals surface area contributed by atoms with Gasteiger partial charge in [0.1, 0.15) is 41.6 Å². The Labute approximate surface area is 380 Å². The largest absolute Gasteiger partial charge is 0.497 e. The Morgan fingerprint density at radius 2 is 1.58 bits per heavy atom. The molecule has 0 aromatic heterocycles. The van der Waals surface area contributed by atoms with Crippen LogP contribution in [0.4, 0.5) is 0 Å². The van der Waals surface area contributed by atoms with Crippen LogP contribution < -0.4 is 9.47 Å². The van der Waals surface area contributed by atoms with Crippen molar-refractivity contribution in [2.75, 3.05) is 35.0 Å². The van der Waals surface area contributed by atoms with Gasteiger partial charge in [-0.15, -0.1) is 0 Å². The number of methoxy groups -OCH3 is 4. The fraction of sp³-hybridized carbons (Fsp3) is 0.720. The summed E-state index contributed by atoms with van der Waals surface area (Å²) in [7, 11) is 6.34. The minimum absolute atomic E-state index is 0.00717. The van der Waals surface area contributed by atoms with Crippen molar-refractivity contribution in [3.05, 3.63) is 47.6 Å². The highest BCUT2D eigenvalue weighted by Crippen LogP contribution is 2.40. The second kappa shape index (κ2) is 23.2. The predicted octanol–water partition coefficient (Wildman–Crippen LogP) is 6.57. The van der Waals surface area contributed by atoms with Gasteiger partial charge in [-0.2, -0.15) is 0 Å². The van der Waals surface area contributed by atoms with Gasteiger partial charge in [0.25, 0.3) is 11.7 Å². The van der Waals surface area contributed by atoms with Crippen LogP contribution in [-0.4, -0.2) is 128 Å². The summed E-state index contributed by atoms with van der Waals surface area (Å²) >= 11 is 0. The number of benzene rings is 1. The number of esters is 1. The van der Waals surface area contributed by atoms with Gasteiger partial charge in [-0.05, 0) is 108 Å². The van der Waals surface area contributed by atoms with Crippen molar-refractivity contribution in [3.63, 3.8) is 0 Å². The zero-order chi connectivity index (χ0) is 46.9. The van der Waals surface area contributed by atoms with E-state index in [-0.39, 0.29) is 55.6 Å². The summed E-state index contributed by atoms with van der Waals surface area (Å²) in [4.78, 5) is 58.3. The minimum atomic E-state index is -2.51. The van der Waals surface area contributed by atoms with Gasteiger partial charge in [0.2, 0.25) is 5.79 Å². The number of fused-ring (bicyclic) bond motifs is 3. The highest BCUT2D eigenvalue weighted by molar-refractivity contribution is 6.39. The standard InChI is InChI=1S/C50H75NO13/c1-11-35-22-29(2)21-30(3)23-43(60-9)46-44(61-10)25-32(5)50(57,64-46)47(54)48(55)51-20-13-12-17-38(51)49(56)63-45(33(6)39(52)28-40(35)53)31(4)24-34-18-19-41(42(26-34)59-8)62-37-16-14-15-36(27-37)58-7/h14-16,22,24,27,30,32-35,38-39,41-46,52,57H,11-13,17-21,23,25-26,28H2,1-10H3/b29-22+,31-24+/t30-,32+,33+,34-,35+,38-,39-,41+,42+,43-,44-,45+,46+,50+/m0/s1. The van der Waals surface area contributed by atoms with Gasteiger partial charge in [-0.25, -0.2) is 4.79 Å². The van der Waals surface area contributed by atoms with Crippen LogP contribution in [0.2, 0.25) is 0 Å². The number of Topliss-reactive ketones (excluding diaryl/α,β-unsaturated/α-hetero) is 2. The molecule has 2 bridgehead atoms. The lowest BCUT2D eigenvalue weighted by molar-refractivity contribution is -0.302. The van der Waals surface area contributed by atoms with Crippen molar-refractivity contribution < 1.29 is 62.5 Å². The number of cyclic esters (lactones) is 1. The topological polar surface area (TPSA) is 177 Å². The number of ketones is 2. The molecule has 1 aliphatic carbocycles. The molecule has 4 aliphatic rings. The third-order valence-electron chi connectivity index (χ3n) is 14.2. The van der Waals surface area contributed by atoms with Crippen molar-refractivity contribution in [3.8, 4) is 11.5 Å². The summed E-state index contributed by atoms with van der Waals surface area (Å²) in [6.45, 7) is 11.3. The maximum atomic E-state index is 14.5. The molecule has 14 nitrogen and oxygen atoms in total. The van der Waals surface area contributed by atoms with Crippen LogP contribution in [0.1, 0.15) is 112 Å². The van der Waals surface area contributed by atoms with E-state index in [0.29, 0.717) is 62.0 Å². The maximum Gasteiger partial charge on any atom is 0.329 e. The van der Waals surface area contributed by atoms with Crippen molar-refractivity contribution >= 4 is 23.4 Å². The summed E-state index contributed by atoms with van der Waals surface area (Å²) < 4.78 is 42.1. The molecular formula is C50H75NO13. The second-order valence-corrected chi connectivity index (χ2v) is 18.9. The number of amides is 1. The average Bonchev–Trinajstić information content (AvgIpc) is 3.29. The summed E-state index contributed by atoms with van der Waals surface area (Å²) in [6, 6.07) is 6.31. The van der Waals surface area contributed by atoms with E-state index in [1.807, 2.05) is 51.1 Å². The third-order valence-corrected chi connectivity index (χ3v) is 14.2. The predicted molar refractivity (Wildman–Crippen MR) is 239 cm³/mol. The summed E-state index contributed by atoms with van der Waals surface area (Å²) in [5.74, 6) is -6.15. The molecule has 2 saturated heterocycles. The van der Waals surface area contributed by atoms with Gasteiger partial charge in [0.15, 0.2) is 0 Å². The normalized spacial score (nSPS) is 37.7. The third kappa shape index (κ3) is 12.2. The number of hydrogen-bond donors (Lipinski definition) is 2. The van der Waals surface area contributed by atoms with E-state index in [1.54, 1.807) is 28.1 Å². The number of rotatable bonds is 9. The number of allylic oxidation sites excluding steroid dienone is 3. The molecule has 0 radical (unpaired) electrons. The number of nitrogens with zero attached hydrogens (tertiary/aromatic N) is 1. The number of aliphatic hydroxyl groups is 2. The monoisotopic (exact) mass is 898 g/mol. The molecule has 64 heavy (non-hydrogen) atoms. The van der Waals surface area contributed by atoms with E-state index in [2.05, 4.69) is 13.0 Å². The molecule has 14 heteroatoms. The quantitative estimate of drug-likeness (QED) is 0.155. The summed E-state index contributed by atoms with van der Waals surface area (Å²) in [5, 5.41) is 23.9. The van der Waals surface area contributed by atoms with E-state index in [4.69, 9.17) is 33.2 Å². The van der Waals surface area contributed by atoms with Gasteiger partial charge in [0.05, 0.1) is 31.5 Å². The fourth-order valence-corrected chi connectivity index (χ4v) is 10.4. The van der Waals surface area contributed by atoms with Crippen molar-refractivity contribution in [2.45, 2.75) is 167 Å².